The lowest BCUT2D eigenvalue weighted by atomic mass is 10.0. The summed E-state index contributed by atoms with van der Waals surface area (Å²) in [5.74, 6) is -0.0338. The van der Waals surface area contributed by atoms with Crippen molar-refractivity contribution in [1.29, 1.82) is 0 Å². The number of benzene rings is 1. The highest BCUT2D eigenvalue weighted by Gasteiger charge is 2.21. The fourth-order valence-corrected chi connectivity index (χ4v) is 1.90. The van der Waals surface area contributed by atoms with Gasteiger partial charge in [-0.3, -0.25) is 4.79 Å². The van der Waals surface area contributed by atoms with Gasteiger partial charge < -0.3 is 10.1 Å². The molecule has 0 aliphatic carbocycles. The Hall–Kier alpha value is -1.06. The zero-order valence-corrected chi connectivity index (χ0v) is 10.5. The number of carbonyl (C=O) groups excluding carboxylic acids is 1. The average Bonchev–Trinajstić information content (AvgIpc) is 2.38. The van der Waals surface area contributed by atoms with Crippen LogP contribution in [0, 0.1) is 5.92 Å². The topological polar surface area (TPSA) is 38.3 Å². The highest BCUT2D eigenvalue weighted by Crippen LogP contribution is 2.12. The molecular formula is C13H18ClNO2. The van der Waals surface area contributed by atoms with Crippen LogP contribution in [0.3, 0.4) is 0 Å². The molecule has 17 heavy (non-hydrogen) atoms. The zero-order valence-electron chi connectivity index (χ0n) is 9.72. The molecule has 0 spiro atoms. The highest BCUT2D eigenvalue weighted by atomic mass is 35.5. The Kier molecular flexibility index (Phi) is 6.01. The molecule has 1 N–H and O–H groups in total. The van der Waals surface area contributed by atoms with Crippen LogP contribution in [0.4, 0.5) is 0 Å². The molecule has 0 saturated carbocycles. The van der Waals surface area contributed by atoms with E-state index in [2.05, 4.69) is 5.32 Å². The molecule has 3 nitrogen and oxygen atoms in total. The third-order valence-corrected chi connectivity index (χ3v) is 2.85. The van der Waals surface area contributed by atoms with E-state index < -0.39 is 0 Å². The third kappa shape index (κ3) is 4.36. The maximum atomic E-state index is 11.7. The second kappa shape index (κ2) is 7.30. The molecule has 1 aromatic rings. The second-order valence-corrected chi connectivity index (χ2v) is 4.14. The Morgan fingerprint density at radius 2 is 2.12 bits per heavy atom. The van der Waals surface area contributed by atoms with Gasteiger partial charge in [0.2, 0.25) is 0 Å². The van der Waals surface area contributed by atoms with Crippen LogP contribution in [0.15, 0.2) is 30.3 Å². The van der Waals surface area contributed by atoms with Crippen LogP contribution in [-0.2, 0) is 16.1 Å². The Labute approximate surface area is 108 Å². The lowest BCUT2D eigenvalue weighted by Crippen LogP contribution is -2.35. The standard InChI is InChI=1S/C13H17NO2.ClH/c15-13(12-7-4-8-14-9-12)16-10-11-5-2-1-3-6-11;/h1-3,5-6,12,14H,4,7-10H2;1H. The average molecular weight is 256 g/mol. The van der Waals surface area contributed by atoms with Gasteiger partial charge >= 0.3 is 5.97 Å². The number of nitrogens with one attached hydrogen (secondary N) is 1. The van der Waals surface area contributed by atoms with E-state index in [4.69, 9.17) is 4.74 Å². The molecule has 1 aliphatic rings. The minimum atomic E-state index is -0.0731. The normalized spacial score (nSPS) is 19.2. The molecule has 1 aromatic carbocycles. The van der Waals surface area contributed by atoms with Crippen molar-refractivity contribution in [2.24, 2.45) is 5.92 Å². The van der Waals surface area contributed by atoms with Crippen LogP contribution in [-0.4, -0.2) is 19.1 Å². The van der Waals surface area contributed by atoms with E-state index in [1.54, 1.807) is 0 Å². The number of piperidine rings is 1. The SMILES string of the molecule is Cl.O=C(OCc1ccccc1)C1CCCNC1. The van der Waals surface area contributed by atoms with E-state index >= 15 is 0 Å². The molecule has 1 aliphatic heterocycles. The molecule has 4 heteroatoms. The van der Waals surface area contributed by atoms with Crippen molar-refractivity contribution < 1.29 is 9.53 Å². The number of hydrogen-bond acceptors (Lipinski definition) is 3. The predicted octanol–water partition coefficient (Wildman–Crippen LogP) is 2.15. The molecule has 0 radical (unpaired) electrons. The molecule has 1 atom stereocenters. The van der Waals surface area contributed by atoms with E-state index in [-0.39, 0.29) is 24.3 Å². The first-order valence-electron chi connectivity index (χ1n) is 5.77. The van der Waals surface area contributed by atoms with Crippen molar-refractivity contribution in [2.75, 3.05) is 13.1 Å². The van der Waals surface area contributed by atoms with Crippen molar-refractivity contribution >= 4 is 18.4 Å². The molecule has 2 rings (SSSR count). The summed E-state index contributed by atoms with van der Waals surface area (Å²) in [4.78, 5) is 11.7. The quantitative estimate of drug-likeness (QED) is 0.842. The van der Waals surface area contributed by atoms with Gasteiger partial charge in [-0.15, -0.1) is 12.4 Å². The van der Waals surface area contributed by atoms with Crippen LogP contribution in [0.5, 0.6) is 0 Å². The van der Waals surface area contributed by atoms with E-state index in [9.17, 15) is 4.79 Å². The third-order valence-electron chi connectivity index (χ3n) is 2.85. The Morgan fingerprint density at radius 3 is 2.76 bits per heavy atom. The van der Waals surface area contributed by atoms with Gasteiger partial charge in [0, 0.05) is 6.54 Å². The largest absolute Gasteiger partial charge is 0.461 e. The predicted molar refractivity (Wildman–Crippen MR) is 69.1 cm³/mol. The first kappa shape index (κ1) is 14.0. The molecular weight excluding hydrogens is 238 g/mol. The van der Waals surface area contributed by atoms with Crippen molar-refractivity contribution in [3.8, 4) is 0 Å². The van der Waals surface area contributed by atoms with Crippen LogP contribution in [0.1, 0.15) is 18.4 Å². The van der Waals surface area contributed by atoms with Gasteiger partial charge in [0.15, 0.2) is 0 Å². The summed E-state index contributed by atoms with van der Waals surface area (Å²) in [5, 5.41) is 3.21. The van der Waals surface area contributed by atoms with Crippen molar-refractivity contribution in [3.05, 3.63) is 35.9 Å². The molecule has 1 fully saturated rings. The summed E-state index contributed by atoms with van der Waals surface area (Å²) >= 11 is 0. The second-order valence-electron chi connectivity index (χ2n) is 4.14. The fraction of sp³-hybridized carbons (Fsp3) is 0.462. The van der Waals surface area contributed by atoms with Gasteiger partial charge in [-0.1, -0.05) is 30.3 Å². The number of halogens is 1. The molecule has 0 bridgehead atoms. The number of esters is 1. The molecule has 1 heterocycles. The number of ether oxygens (including phenoxy) is 1. The number of carbonyl (C=O) groups is 1. The summed E-state index contributed by atoms with van der Waals surface area (Å²) in [7, 11) is 0. The number of hydrogen-bond donors (Lipinski definition) is 1. The summed E-state index contributed by atoms with van der Waals surface area (Å²) in [6.07, 6.45) is 2.01. The summed E-state index contributed by atoms with van der Waals surface area (Å²) in [6, 6.07) is 9.78. The van der Waals surface area contributed by atoms with Gasteiger partial charge in [0.05, 0.1) is 5.92 Å². The Bertz CT molecular complexity index is 337. The van der Waals surface area contributed by atoms with Gasteiger partial charge in [-0.2, -0.15) is 0 Å². The highest BCUT2D eigenvalue weighted by molar-refractivity contribution is 5.85. The van der Waals surface area contributed by atoms with Crippen molar-refractivity contribution in [1.82, 2.24) is 5.32 Å². The first-order chi connectivity index (χ1) is 7.86. The van der Waals surface area contributed by atoms with E-state index in [1.165, 1.54) is 0 Å². The summed E-state index contributed by atoms with van der Waals surface area (Å²) < 4.78 is 5.29. The lowest BCUT2D eigenvalue weighted by molar-refractivity contribution is -0.150. The van der Waals surface area contributed by atoms with Gasteiger partial charge in [0.25, 0.3) is 0 Å². The van der Waals surface area contributed by atoms with Crippen LogP contribution in [0.2, 0.25) is 0 Å². The zero-order chi connectivity index (χ0) is 11.2. The van der Waals surface area contributed by atoms with Crippen LogP contribution >= 0.6 is 12.4 Å². The van der Waals surface area contributed by atoms with Crippen LogP contribution < -0.4 is 5.32 Å². The minimum Gasteiger partial charge on any atom is -0.461 e. The Morgan fingerprint density at radius 1 is 1.35 bits per heavy atom. The van der Waals surface area contributed by atoms with Crippen molar-refractivity contribution in [3.63, 3.8) is 0 Å². The Balaban J connectivity index is 0.00000144. The van der Waals surface area contributed by atoms with Gasteiger partial charge in [-0.25, -0.2) is 0 Å². The maximum absolute atomic E-state index is 11.7. The molecule has 1 saturated heterocycles. The summed E-state index contributed by atoms with van der Waals surface area (Å²) in [6.45, 7) is 2.16. The minimum absolute atomic E-state index is 0. The lowest BCUT2D eigenvalue weighted by Gasteiger charge is -2.21. The first-order valence-corrected chi connectivity index (χ1v) is 5.77. The maximum Gasteiger partial charge on any atom is 0.310 e. The fourth-order valence-electron chi connectivity index (χ4n) is 1.90. The van der Waals surface area contributed by atoms with E-state index in [1.807, 2.05) is 30.3 Å². The van der Waals surface area contributed by atoms with Crippen LogP contribution in [0.25, 0.3) is 0 Å². The van der Waals surface area contributed by atoms with E-state index in [0.717, 1.165) is 31.5 Å². The molecule has 0 amide bonds. The molecule has 1 unspecified atom stereocenters. The monoisotopic (exact) mass is 255 g/mol. The van der Waals surface area contributed by atoms with Gasteiger partial charge in [0.1, 0.15) is 6.61 Å². The number of rotatable bonds is 3. The van der Waals surface area contributed by atoms with Gasteiger partial charge in [-0.05, 0) is 24.9 Å². The molecule has 0 aromatic heterocycles. The summed E-state index contributed by atoms with van der Waals surface area (Å²) in [5.41, 5.74) is 1.04. The van der Waals surface area contributed by atoms with Crippen molar-refractivity contribution in [2.45, 2.75) is 19.4 Å². The smallest absolute Gasteiger partial charge is 0.310 e. The molecule has 94 valence electrons. The van der Waals surface area contributed by atoms with E-state index in [0.29, 0.717) is 6.61 Å².